The molecule has 0 unspecified atom stereocenters. The summed E-state index contributed by atoms with van der Waals surface area (Å²) >= 11 is 2.18. The van der Waals surface area contributed by atoms with Crippen LogP contribution in [0, 0.1) is 3.57 Å². The Hall–Kier alpha value is -0.580. The average Bonchev–Trinajstić information content (AvgIpc) is 2.03. The Labute approximate surface area is 79.1 Å². The van der Waals surface area contributed by atoms with Crippen LogP contribution in [0.2, 0.25) is 0 Å². The maximum Gasteiger partial charge on any atom is 0.150 e. The molecule has 1 aromatic carbocycles. The van der Waals surface area contributed by atoms with E-state index >= 15 is 0 Å². The molecule has 1 N–H and O–H groups in total. The van der Waals surface area contributed by atoms with Gasteiger partial charge < -0.3 is 5.32 Å². The fourth-order valence-electron chi connectivity index (χ4n) is 0.825. The molecule has 11 heavy (non-hydrogen) atoms. The Balaban J connectivity index is 3.11. The molecule has 0 aromatic heterocycles. The van der Waals surface area contributed by atoms with Gasteiger partial charge in [-0.15, -0.1) is 0 Å². The number of benzene rings is 1. The van der Waals surface area contributed by atoms with Crippen LogP contribution in [0.4, 0.5) is 5.69 Å². The summed E-state index contributed by atoms with van der Waals surface area (Å²) in [6.07, 6.45) is 0.850. The quantitative estimate of drug-likeness (QED) is 0.652. The van der Waals surface area contributed by atoms with Gasteiger partial charge in [0.2, 0.25) is 0 Å². The topological polar surface area (TPSA) is 29.1 Å². The zero-order valence-electron chi connectivity index (χ0n) is 6.10. The Kier molecular flexibility index (Phi) is 2.87. The first kappa shape index (κ1) is 8.52. The van der Waals surface area contributed by atoms with Crippen molar-refractivity contribution in [2.45, 2.75) is 0 Å². The Morgan fingerprint density at radius 3 is 2.73 bits per heavy atom. The van der Waals surface area contributed by atoms with Crippen molar-refractivity contribution in [3.8, 4) is 0 Å². The molecular weight excluding hydrogens is 253 g/mol. The van der Waals surface area contributed by atoms with Crippen LogP contribution in [-0.2, 0) is 0 Å². The van der Waals surface area contributed by atoms with E-state index in [1.165, 1.54) is 0 Å². The molecule has 1 aromatic rings. The van der Waals surface area contributed by atoms with E-state index in [-0.39, 0.29) is 0 Å². The van der Waals surface area contributed by atoms with Crippen LogP contribution in [0.3, 0.4) is 0 Å². The van der Waals surface area contributed by atoms with E-state index in [1.807, 2.05) is 25.2 Å². The molecule has 58 valence electrons. The van der Waals surface area contributed by atoms with Crippen molar-refractivity contribution in [1.29, 1.82) is 0 Å². The predicted octanol–water partition coefficient (Wildman–Crippen LogP) is 2.15. The second kappa shape index (κ2) is 3.71. The van der Waals surface area contributed by atoms with Crippen molar-refractivity contribution in [1.82, 2.24) is 0 Å². The van der Waals surface area contributed by atoms with Gasteiger partial charge in [-0.05, 0) is 40.8 Å². The first-order valence-electron chi connectivity index (χ1n) is 3.20. The van der Waals surface area contributed by atoms with E-state index in [0.29, 0.717) is 5.56 Å². The number of anilines is 1. The largest absolute Gasteiger partial charge is 0.388 e. The van der Waals surface area contributed by atoms with Gasteiger partial charge in [-0.25, -0.2) is 0 Å². The second-order valence-corrected chi connectivity index (χ2v) is 3.39. The van der Waals surface area contributed by atoms with E-state index in [9.17, 15) is 4.79 Å². The van der Waals surface area contributed by atoms with E-state index in [2.05, 4.69) is 27.9 Å². The molecule has 1 rings (SSSR count). The minimum absolute atomic E-state index is 0.709. The van der Waals surface area contributed by atoms with Crippen LogP contribution < -0.4 is 5.32 Å². The van der Waals surface area contributed by atoms with Gasteiger partial charge in [-0.1, -0.05) is 0 Å². The van der Waals surface area contributed by atoms with Crippen molar-refractivity contribution < 1.29 is 4.79 Å². The number of carbonyl (C=O) groups is 1. The minimum atomic E-state index is 0.709. The molecule has 0 heterocycles. The highest BCUT2D eigenvalue weighted by atomic mass is 127. The zero-order chi connectivity index (χ0) is 8.27. The first-order valence-corrected chi connectivity index (χ1v) is 4.27. The van der Waals surface area contributed by atoms with Crippen molar-refractivity contribution in [3.63, 3.8) is 0 Å². The molecule has 0 atom stereocenters. The molecule has 0 saturated heterocycles. The third-order valence-corrected chi connectivity index (χ3v) is 1.97. The Morgan fingerprint density at radius 2 is 2.18 bits per heavy atom. The fourth-order valence-corrected chi connectivity index (χ4v) is 1.52. The highest BCUT2D eigenvalue weighted by molar-refractivity contribution is 14.1. The van der Waals surface area contributed by atoms with E-state index in [4.69, 9.17) is 0 Å². The third kappa shape index (κ3) is 2.18. The SMILES string of the molecule is CNc1cc(I)cc(C=O)c1. The fraction of sp³-hybridized carbons (Fsp3) is 0.125. The van der Waals surface area contributed by atoms with Crippen LogP contribution in [0.5, 0.6) is 0 Å². The van der Waals surface area contributed by atoms with Gasteiger partial charge in [0.25, 0.3) is 0 Å². The number of aldehydes is 1. The molecule has 0 spiro atoms. The van der Waals surface area contributed by atoms with Crippen LogP contribution in [0.25, 0.3) is 0 Å². The molecule has 0 amide bonds. The Bertz CT molecular complexity index is 273. The predicted molar refractivity (Wildman–Crippen MR) is 54.1 cm³/mol. The van der Waals surface area contributed by atoms with Gasteiger partial charge in [0.1, 0.15) is 6.29 Å². The Morgan fingerprint density at radius 1 is 1.45 bits per heavy atom. The molecule has 0 aliphatic rings. The van der Waals surface area contributed by atoms with Crippen LogP contribution >= 0.6 is 22.6 Å². The molecule has 0 aliphatic carbocycles. The summed E-state index contributed by atoms with van der Waals surface area (Å²) in [5.74, 6) is 0. The summed E-state index contributed by atoms with van der Waals surface area (Å²) in [7, 11) is 1.83. The van der Waals surface area contributed by atoms with Gasteiger partial charge in [-0.3, -0.25) is 4.79 Å². The number of rotatable bonds is 2. The van der Waals surface area contributed by atoms with Crippen molar-refractivity contribution in [2.24, 2.45) is 0 Å². The second-order valence-electron chi connectivity index (χ2n) is 2.14. The molecule has 0 bridgehead atoms. The zero-order valence-corrected chi connectivity index (χ0v) is 8.25. The monoisotopic (exact) mass is 261 g/mol. The molecule has 2 nitrogen and oxygen atoms in total. The number of hydrogen-bond donors (Lipinski definition) is 1. The molecular formula is C8H8INO. The first-order chi connectivity index (χ1) is 5.26. The van der Waals surface area contributed by atoms with Crippen LogP contribution in [0.1, 0.15) is 10.4 Å². The maximum atomic E-state index is 10.4. The van der Waals surface area contributed by atoms with E-state index in [0.717, 1.165) is 15.5 Å². The molecule has 0 radical (unpaired) electrons. The lowest BCUT2D eigenvalue weighted by Crippen LogP contribution is -1.90. The summed E-state index contributed by atoms with van der Waals surface area (Å²) in [5.41, 5.74) is 1.68. The summed E-state index contributed by atoms with van der Waals surface area (Å²) < 4.78 is 1.07. The van der Waals surface area contributed by atoms with E-state index in [1.54, 1.807) is 0 Å². The maximum absolute atomic E-state index is 10.4. The van der Waals surface area contributed by atoms with Gasteiger partial charge in [0.05, 0.1) is 0 Å². The number of halogens is 1. The van der Waals surface area contributed by atoms with Gasteiger partial charge in [0, 0.05) is 21.9 Å². The summed E-state index contributed by atoms with van der Waals surface area (Å²) in [5, 5.41) is 2.98. The van der Waals surface area contributed by atoms with E-state index < -0.39 is 0 Å². The van der Waals surface area contributed by atoms with Gasteiger partial charge in [-0.2, -0.15) is 0 Å². The van der Waals surface area contributed by atoms with Gasteiger partial charge in [0.15, 0.2) is 0 Å². The lowest BCUT2D eigenvalue weighted by atomic mass is 10.2. The highest BCUT2D eigenvalue weighted by Crippen LogP contribution is 2.14. The summed E-state index contributed by atoms with van der Waals surface area (Å²) in [6.45, 7) is 0. The molecule has 0 aliphatic heterocycles. The smallest absolute Gasteiger partial charge is 0.150 e. The molecule has 0 saturated carbocycles. The van der Waals surface area contributed by atoms with Crippen molar-refractivity contribution in [3.05, 3.63) is 27.3 Å². The van der Waals surface area contributed by atoms with Crippen LogP contribution in [-0.4, -0.2) is 13.3 Å². The van der Waals surface area contributed by atoms with Crippen molar-refractivity contribution in [2.75, 3.05) is 12.4 Å². The summed E-state index contributed by atoms with van der Waals surface area (Å²) in [4.78, 5) is 10.4. The van der Waals surface area contributed by atoms with Gasteiger partial charge >= 0.3 is 0 Å². The lowest BCUT2D eigenvalue weighted by molar-refractivity contribution is 0.112. The van der Waals surface area contributed by atoms with Crippen molar-refractivity contribution >= 4 is 34.6 Å². The molecule has 0 fully saturated rings. The number of nitrogens with one attached hydrogen (secondary N) is 1. The third-order valence-electron chi connectivity index (χ3n) is 1.34. The number of hydrogen-bond acceptors (Lipinski definition) is 2. The summed E-state index contributed by atoms with van der Waals surface area (Å²) in [6, 6.07) is 5.64. The lowest BCUT2D eigenvalue weighted by Gasteiger charge is -2.00. The normalized spacial score (nSPS) is 9.27. The number of carbonyl (C=O) groups excluding carboxylic acids is 1. The molecule has 3 heteroatoms. The average molecular weight is 261 g/mol. The minimum Gasteiger partial charge on any atom is -0.388 e. The standard InChI is InChI=1S/C8H8INO/c1-10-8-3-6(5-11)2-7(9)4-8/h2-5,10H,1H3. The van der Waals surface area contributed by atoms with Crippen LogP contribution in [0.15, 0.2) is 18.2 Å². The highest BCUT2D eigenvalue weighted by Gasteiger charge is 1.95.